The van der Waals surface area contributed by atoms with Crippen LogP contribution in [0, 0.1) is 13.8 Å². The van der Waals surface area contributed by atoms with Crippen molar-refractivity contribution in [2.24, 2.45) is 0 Å². The van der Waals surface area contributed by atoms with Crippen molar-refractivity contribution in [2.45, 2.75) is 31.7 Å². The third-order valence-electron chi connectivity index (χ3n) is 5.70. The topological polar surface area (TPSA) is 110 Å². The van der Waals surface area contributed by atoms with Crippen molar-refractivity contribution in [1.82, 2.24) is 24.9 Å². The van der Waals surface area contributed by atoms with E-state index in [1.807, 2.05) is 38.1 Å². The van der Waals surface area contributed by atoms with E-state index >= 15 is 0 Å². The van der Waals surface area contributed by atoms with Crippen LogP contribution in [0.1, 0.15) is 33.1 Å². The average Bonchev–Trinajstić information content (AvgIpc) is 3.42. The minimum absolute atomic E-state index is 0.0790. The Morgan fingerprint density at radius 1 is 1.06 bits per heavy atom. The van der Waals surface area contributed by atoms with Gasteiger partial charge in [-0.2, -0.15) is 0 Å². The predicted octanol–water partition coefficient (Wildman–Crippen LogP) is 2.42. The van der Waals surface area contributed by atoms with E-state index < -0.39 is 15.9 Å². The number of nitrogens with one attached hydrogen (secondary N) is 1. The monoisotopic (exact) mass is 462 g/mol. The van der Waals surface area contributed by atoms with Crippen LogP contribution in [-0.4, -0.2) is 40.5 Å². The van der Waals surface area contributed by atoms with Crippen molar-refractivity contribution in [2.75, 3.05) is 10.8 Å². The molecule has 0 spiro atoms. The second-order valence-electron chi connectivity index (χ2n) is 7.96. The van der Waals surface area contributed by atoms with Gasteiger partial charge in [0.1, 0.15) is 0 Å². The van der Waals surface area contributed by atoms with E-state index in [1.165, 1.54) is 16.4 Å². The molecule has 0 aliphatic carbocycles. The summed E-state index contributed by atoms with van der Waals surface area (Å²) >= 11 is 0. The molecule has 5 rings (SSSR count). The van der Waals surface area contributed by atoms with Crippen molar-refractivity contribution in [3.8, 4) is 0 Å². The highest BCUT2D eigenvalue weighted by Gasteiger charge is 2.31. The molecule has 4 aromatic rings. The Morgan fingerprint density at radius 3 is 2.73 bits per heavy atom. The molecular formula is C23H22N6O3S. The van der Waals surface area contributed by atoms with Crippen LogP contribution in [0.4, 0.5) is 5.69 Å². The van der Waals surface area contributed by atoms with Crippen LogP contribution in [0.15, 0.2) is 59.5 Å². The molecule has 9 nitrogen and oxygen atoms in total. The molecule has 0 atom stereocenters. The lowest BCUT2D eigenvalue weighted by Gasteiger charge is -2.20. The van der Waals surface area contributed by atoms with Gasteiger partial charge in [-0.25, -0.2) is 13.4 Å². The van der Waals surface area contributed by atoms with Gasteiger partial charge in [0.15, 0.2) is 5.82 Å². The van der Waals surface area contributed by atoms with Crippen LogP contribution in [-0.2, 0) is 23.0 Å². The molecule has 168 valence electrons. The number of aromatic nitrogens is 4. The van der Waals surface area contributed by atoms with Crippen LogP contribution in [0.2, 0.25) is 0 Å². The summed E-state index contributed by atoms with van der Waals surface area (Å²) in [6, 6.07) is 15.4. The van der Waals surface area contributed by atoms with Crippen LogP contribution in [0.5, 0.6) is 0 Å². The molecule has 1 aliphatic rings. The number of aryl methyl sites for hydroxylation is 2. The molecule has 0 unspecified atom stereocenters. The SMILES string of the molecule is Cc1cc(C)n2c(CNC(=O)c3cccc(S(=O)(=O)N4CCc5ccccc54)c3)nnc2n1. The number of carbonyl (C=O) groups is 1. The summed E-state index contributed by atoms with van der Waals surface area (Å²) in [5.74, 6) is 0.611. The molecule has 1 aliphatic heterocycles. The van der Waals surface area contributed by atoms with Crippen LogP contribution in [0.25, 0.3) is 5.78 Å². The van der Waals surface area contributed by atoms with Gasteiger partial charge in [0.05, 0.1) is 17.1 Å². The Hall–Kier alpha value is -3.79. The van der Waals surface area contributed by atoms with E-state index in [4.69, 9.17) is 0 Å². The van der Waals surface area contributed by atoms with Gasteiger partial charge in [-0.3, -0.25) is 13.5 Å². The highest BCUT2D eigenvalue weighted by molar-refractivity contribution is 7.92. The second kappa shape index (κ2) is 7.96. The maximum atomic E-state index is 13.3. The van der Waals surface area contributed by atoms with Gasteiger partial charge in [0.25, 0.3) is 21.7 Å². The molecule has 0 fully saturated rings. The highest BCUT2D eigenvalue weighted by Crippen LogP contribution is 2.32. The number of amides is 1. The fourth-order valence-electron chi connectivity index (χ4n) is 4.16. The first-order valence-corrected chi connectivity index (χ1v) is 12.0. The fourth-order valence-corrected chi connectivity index (χ4v) is 5.71. The zero-order valence-corrected chi connectivity index (χ0v) is 19.0. The zero-order valence-electron chi connectivity index (χ0n) is 18.2. The molecule has 10 heteroatoms. The Morgan fingerprint density at radius 2 is 1.88 bits per heavy atom. The number of sulfonamides is 1. The number of para-hydroxylation sites is 1. The number of carbonyl (C=O) groups excluding carboxylic acids is 1. The minimum atomic E-state index is -3.79. The van der Waals surface area contributed by atoms with Gasteiger partial charge in [0.2, 0.25) is 0 Å². The standard InChI is InChI=1S/C23H22N6O3S/c1-15-12-16(2)29-21(26-27-23(29)25-15)14-24-22(30)18-7-5-8-19(13-18)33(31,32)28-11-10-17-6-3-4-9-20(17)28/h3-9,12-13H,10-11,14H2,1-2H3,(H,24,30). The molecule has 0 saturated carbocycles. The smallest absolute Gasteiger partial charge is 0.264 e. The summed E-state index contributed by atoms with van der Waals surface area (Å²) in [5, 5.41) is 11.0. The normalized spacial score (nSPS) is 13.3. The predicted molar refractivity (Wildman–Crippen MR) is 123 cm³/mol. The van der Waals surface area contributed by atoms with Crippen LogP contribution in [0.3, 0.4) is 0 Å². The van der Waals surface area contributed by atoms with E-state index in [0.29, 0.717) is 30.3 Å². The summed E-state index contributed by atoms with van der Waals surface area (Å²) in [6.07, 6.45) is 0.662. The summed E-state index contributed by atoms with van der Waals surface area (Å²) in [6.45, 7) is 4.30. The third kappa shape index (κ3) is 3.72. The van der Waals surface area contributed by atoms with Crippen LogP contribution < -0.4 is 9.62 Å². The first kappa shape index (κ1) is 21.1. The molecular weight excluding hydrogens is 440 g/mol. The van der Waals surface area contributed by atoms with Gasteiger partial charge in [-0.1, -0.05) is 24.3 Å². The second-order valence-corrected chi connectivity index (χ2v) is 9.82. The van der Waals surface area contributed by atoms with Gasteiger partial charge in [0, 0.05) is 23.5 Å². The van der Waals surface area contributed by atoms with Crippen molar-refractivity contribution < 1.29 is 13.2 Å². The lowest BCUT2D eigenvalue weighted by Crippen LogP contribution is -2.29. The molecule has 1 amide bonds. The Labute approximate surface area is 191 Å². The highest BCUT2D eigenvalue weighted by atomic mass is 32.2. The number of anilines is 1. The Kier molecular flexibility index (Phi) is 5.09. The van der Waals surface area contributed by atoms with Crippen molar-refractivity contribution in [1.29, 1.82) is 0 Å². The number of fused-ring (bicyclic) bond motifs is 2. The minimum Gasteiger partial charge on any atom is -0.345 e. The molecule has 2 aromatic heterocycles. The lowest BCUT2D eigenvalue weighted by atomic mass is 10.2. The van der Waals surface area contributed by atoms with Gasteiger partial charge in [-0.15, -0.1) is 10.2 Å². The third-order valence-corrected chi connectivity index (χ3v) is 7.50. The van der Waals surface area contributed by atoms with E-state index in [2.05, 4.69) is 20.5 Å². The van der Waals surface area contributed by atoms with Gasteiger partial charge in [-0.05, 0) is 56.2 Å². The van der Waals surface area contributed by atoms with Gasteiger partial charge < -0.3 is 5.32 Å². The van der Waals surface area contributed by atoms with E-state index in [9.17, 15) is 13.2 Å². The molecule has 3 heterocycles. The maximum Gasteiger partial charge on any atom is 0.264 e. The maximum absolute atomic E-state index is 13.3. The summed E-state index contributed by atoms with van der Waals surface area (Å²) in [7, 11) is -3.79. The van der Waals surface area contributed by atoms with E-state index in [0.717, 1.165) is 17.0 Å². The van der Waals surface area contributed by atoms with E-state index in [-0.39, 0.29) is 17.0 Å². The first-order valence-electron chi connectivity index (χ1n) is 10.5. The summed E-state index contributed by atoms with van der Waals surface area (Å²) in [4.78, 5) is 17.2. The Bertz CT molecular complexity index is 1500. The number of benzene rings is 2. The first-order chi connectivity index (χ1) is 15.8. The molecule has 1 N–H and O–H groups in total. The van der Waals surface area contributed by atoms with Crippen molar-refractivity contribution in [3.05, 3.63) is 82.9 Å². The fraction of sp³-hybridized carbons (Fsp3) is 0.217. The van der Waals surface area contributed by atoms with Gasteiger partial charge >= 0.3 is 0 Å². The van der Waals surface area contributed by atoms with Crippen molar-refractivity contribution >= 4 is 27.4 Å². The number of rotatable bonds is 5. The van der Waals surface area contributed by atoms with E-state index in [1.54, 1.807) is 22.6 Å². The van der Waals surface area contributed by atoms with Crippen LogP contribution >= 0.6 is 0 Å². The molecule has 33 heavy (non-hydrogen) atoms. The largest absolute Gasteiger partial charge is 0.345 e. The quantitative estimate of drug-likeness (QED) is 0.488. The average molecular weight is 463 g/mol. The lowest BCUT2D eigenvalue weighted by molar-refractivity contribution is 0.0949. The number of nitrogens with zero attached hydrogens (tertiary/aromatic N) is 5. The number of hydrogen-bond acceptors (Lipinski definition) is 6. The molecule has 0 radical (unpaired) electrons. The summed E-state index contributed by atoms with van der Waals surface area (Å²) in [5.41, 5.74) is 3.68. The molecule has 0 saturated heterocycles. The molecule has 0 bridgehead atoms. The van der Waals surface area contributed by atoms with Crippen molar-refractivity contribution in [3.63, 3.8) is 0 Å². The zero-order chi connectivity index (χ0) is 23.2. The Balaban J connectivity index is 1.37. The molecule has 2 aromatic carbocycles. The number of hydrogen-bond donors (Lipinski definition) is 1. The summed E-state index contributed by atoms with van der Waals surface area (Å²) < 4.78 is 29.8.